The summed E-state index contributed by atoms with van der Waals surface area (Å²) in [5.74, 6) is 0.463. The molecule has 0 fully saturated rings. The van der Waals surface area contributed by atoms with Crippen molar-refractivity contribution in [1.82, 2.24) is 5.32 Å². The molecule has 0 radical (unpaired) electrons. The van der Waals surface area contributed by atoms with Gasteiger partial charge in [-0.05, 0) is 30.3 Å². The zero-order chi connectivity index (χ0) is 15.8. The van der Waals surface area contributed by atoms with Gasteiger partial charge >= 0.3 is 5.97 Å². The van der Waals surface area contributed by atoms with Gasteiger partial charge in [0.1, 0.15) is 18.5 Å². The molecule has 0 bridgehead atoms. The number of esters is 1. The summed E-state index contributed by atoms with van der Waals surface area (Å²) < 4.78 is 11.1. The molecule has 0 unspecified atom stereocenters. The number of rotatable bonds is 7. The van der Waals surface area contributed by atoms with Crippen molar-refractivity contribution in [3.63, 3.8) is 0 Å². The van der Waals surface area contributed by atoms with E-state index in [4.69, 9.17) is 9.47 Å². The predicted octanol–water partition coefficient (Wildman–Crippen LogP) is 3.09. The van der Waals surface area contributed by atoms with Crippen LogP contribution in [-0.2, 0) is 16.1 Å². The van der Waals surface area contributed by atoms with Crippen LogP contribution in [0.5, 0.6) is 5.75 Å². The standard InChI is InChI=1S/C18H21NO3/c1-14(20)22-18(12-19-2)16-9-6-10-17(11-16)21-13-15-7-4-3-5-8-15/h3-11,18-19H,12-13H2,1-2H3/t18-/m0/s1. The van der Waals surface area contributed by atoms with Crippen LogP contribution in [0, 0.1) is 0 Å². The van der Waals surface area contributed by atoms with Gasteiger partial charge in [-0.2, -0.15) is 0 Å². The maximum Gasteiger partial charge on any atom is 0.303 e. The summed E-state index contributed by atoms with van der Waals surface area (Å²) in [5, 5.41) is 3.03. The van der Waals surface area contributed by atoms with Crippen LogP contribution in [0.1, 0.15) is 24.2 Å². The highest BCUT2D eigenvalue weighted by Gasteiger charge is 2.14. The summed E-state index contributed by atoms with van der Waals surface area (Å²) in [6.45, 7) is 2.48. The zero-order valence-corrected chi connectivity index (χ0v) is 12.9. The van der Waals surface area contributed by atoms with Gasteiger partial charge in [-0.15, -0.1) is 0 Å². The van der Waals surface area contributed by atoms with Crippen LogP contribution in [0.15, 0.2) is 54.6 Å². The van der Waals surface area contributed by atoms with E-state index in [0.717, 1.165) is 16.9 Å². The van der Waals surface area contributed by atoms with E-state index < -0.39 is 0 Å². The number of nitrogens with one attached hydrogen (secondary N) is 1. The number of hydrogen-bond acceptors (Lipinski definition) is 4. The van der Waals surface area contributed by atoms with Crippen molar-refractivity contribution < 1.29 is 14.3 Å². The van der Waals surface area contributed by atoms with Crippen LogP contribution in [-0.4, -0.2) is 19.6 Å². The Bertz CT molecular complexity index is 598. The number of likely N-dealkylation sites (N-methyl/N-ethyl adjacent to an activating group) is 1. The Hall–Kier alpha value is -2.33. The second-order valence-corrected chi connectivity index (χ2v) is 5.00. The first-order chi connectivity index (χ1) is 10.7. The van der Waals surface area contributed by atoms with Crippen LogP contribution in [0.2, 0.25) is 0 Å². The molecule has 4 heteroatoms. The van der Waals surface area contributed by atoms with E-state index in [1.165, 1.54) is 6.92 Å². The second kappa shape index (κ2) is 8.20. The van der Waals surface area contributed by atoms with Crippen molar-refractivity contribution in [2.45, 2.75) is 19.6 Å². The summed E-state index contributed by atoms with van der Waals surface area (Å²) in [5.41, 5.74) is 2.02. The largest absolute Gasteiger partial charge is 0.489 e. The van der Waals surface area contributed by atoms with Crippen LogP contribution in [0.3, 0.4) is 0 Å². The van der Waals surface area contributed by atoms with E-state index in [1.54, 1.807) is 0 Å². The molecule has 4 nitrogen and oxygen atoms in total. The highest BCUT2D eigenvalue weighted by atomic mass is 16.5. The first-order valence-corrected chi connectivity index (χ1v) is 7.27. The van der Waals surface area contributed by atoms with Crippen molar-refractivity contribution in [2.75, 3.05) is 13.6 Å². The van der Waals surface area contributed by atoms with Gasteiger partial charge in [0.05, 0.1) is 0 Å². The molecular formula is C18H21NO3. The van der Waals surface area contributed by atoms with E-state index in [2.05, 4.69) is 5.32 Å². The Morgan fingerprint density at radius 2 is 1.91 bits per heavy atom. The third-order valence-corrected chi connectivity index (χ3v) is 3.18. The third-order valence-electron chi connectivity index (χ3n) is 3.18. The molecule has 22 heavy (non-hydrogen) atoms. The first-order valence-electron chi connectivity index (χ1n) is 7.27. The van der Waals surface area contributed by atoms with Crippen molar-refractivity contribution in [2.24, 2.45) is 0 Å². The monoisotopic (exact) mass is 299 g/mol. The normalized spacial score (nSPS) is 11.7. The maximum absolute atomic E-state index is 11.2. The molecule has 0 aliphatic carbocycles. The average molecular weight is 299 g/mol. The van der Waals surface area contributed by atoms with E-state index >= 15 is 0 Å². The van der Waals surface area contributed by atoms with E-state index in [-0.39, 0.29) is 12.1 Å². The van der Waals surface area contributed by atoms with Gasteiger partial charge in [0.15, 0.2) is 0 Å². The van der Waals surface area contributed by atoms with Gasteiger partial charge in [-0.25, -0.2) is 0 Å². The zero-order valence-electron chi connectivity index (χ0n) is 12.9. The lowest BCUT2D eigenvalue weighted by Gasteiger charge is -2.18. The average Bonchev–Trinajstić information content (AvgIpc) is 2.53. The van der Waals surface area contributed by atoms with Crippen molar-refractivity contribution in [3.8, 4) is 5.75 Å². The molecule has 0 aliphatic heterocycles. The quantitative estimate of drug-likeness (QED) is 0.798. The minimum Gasteiger partial charge on any atom is -0.489 e. The highest BCUT2D eigenvalue weighted by Crippen LogP contribution is 2.22. The molecule has 0 amide bonds. The number of hydrogen-bond donors (Lipinski definition) is 1. The molecule has 0 aromatic heterocycles. The van der Waals surface area contributed by atoms with Gasteiger partial charge in [0, 0.05) is 13.5 Å². The topological polar surface area (TPSA) is 47.6 Å². The fourth-order valence-corrected chi connectivity index (χ4v) is 2.16. The molecule has 0 saturated heterocycles. The Morgan fingerprint density at radius 1 is 1.14 bits per heavy atom. The lowest BCUT2D eigenvalue weighted by atomic mass is 10.1. The predicted molar refractivity (Wildman–Crippen MR) is 85.6 cm³/mol. The van der Waals surface area contributed by atoms with Gasteiger partial charge in [-0.1, -0.05) is 42.5 Å². The summed E-state index contributed by atoms with van der Waals surface area (Å²) >= 11 is 0. The maximum atomic E-state index is 11.2. The Labute approximate surface area is 131 Å². The van der Waals surface area contributed by atoms with Gasteiger partial charge in [0.2, 0.25) is 0 Å². The number of ether oxygens (including phenoxy) is 2. The SMILES string of the molecule is CNC[C@H](OC(C)=O)c1cccc(OCc2ccccc2)c1. The molecule has 0 aliphatic rings. The Kier molecular flexibility index (Phi) is 5.98. The van der Waals surface area contributed by atoms with Crippen molar-refractivity contribution >= 4 is 5.97 Å². The lowest BCUT2D eigenvalue weighted by Crippen LogP contribution is -2.21. The molecule has 2 aromatic rings. The highest BCUT2D eigenvalue weighted by molar-refractivity contribution is 5.66. The van der Waals surface area contributed by atoms with Crippen LogP contribution >= 0.6 is 0 Å². The minimum atomic E-state index is -0.317. The summed E-state index contributed by atoms with van der Waals surface area (Å²) in [4.78, 5) is 11.2. The van der Waals surface area contributed by atoms with Crippen molar-refractivity contribution in [1.29, 1.82) is 0 Å². The Balaban J connectivity index is 2.06. The molecule has 0 saturated carbocycles. The van der Waals surface area contributed by atoms with Gasteiger partial charge in [0.25, 0.3) is 0 Å². The molecule has 0 heterocycles. The number of carbonyl (C=O) groups is 1. The lowest BCUT2D eigenvalue weighted by molar-refractivity contribution is -0.146. The third kappa shape index (κ3) is 4.90. The van der Waals surface area contributed by atoms with E-state index in [0.29, 0.717) is 13.2 Å². The van der Waals surface area contributed by atoms with Gasteiger partial charge < -0.3 is 14.8 Å². The number of carbonyl (C=O) groups excluding carboxylic acids is 1. The van der Waals surface area contributed by atoms with E-state index in [9.17, 15) is 4.79 Å². The molecule has 1 N–H and O–H groups in total. The van der Waals surface area contributed by atoms with Crippen LogP contribution in [0.4, 0.5) is 0 Å². The van der Waals surface area contributed by atoms with E-state index in [1.807, 2.05) is 61.6 Å². The molecule has 2 aromatic carbocycles. The molecule has 0 spiro atoms. The summed E-state index contributed by atoms with van der Waals surface area (Å²) in [6, 6.07) is 17.6. The van der Waals surface area contributed by atoms with Crippen molar-refractivity contribution in [3.05, 3.63) is 65.7 Å². The fourth-order valence-electron chi connectivity index (χ4n) is 2.16. The summed E-state index contributed by atoms with van der Waals surface area (Å²) in [6.07, 6.45) is -0.317. The summed E-state index contributed by atoms with van der Waals surface area (Å²) in [7, 11) is 1.83. The molecule has 116 valence electrons. The second-order valence-electron chi connectivity index (χ2n) is 5.00. The first kappa shape index (κ1) is 16.0. The smallest absolute Gasteiger partial charge is 0.303 e. The Morgan fingerprint density at radius 3 is 2.59 bits per heavy atom. The fraction of sp³-hybridized carbons (Fsp3) is 0.278. The van der Waals surface area contributed by atoms with Crippen LogP contribution in [0.25, 0.3) is 0 Å². The molecular weight excluding hydrogens is 278 g/mol. The molecule has 2 rings (SSSR count). The van der Waals surface area contributed by atoms with Gasteiger partial charge in [-0.3, -0.25) is 4.79 Å². The van der Waals surface area contributed by atoms with Crippen LogP contribution < -0.4 is 10.1 Å². The molecule has 1 atom stereocenters. The minimum absolute atomic E-state index is 0.296. The number of benzene rings is 2.